The molecular formula is C11H13ClF2O3S2. The lowest BCUT2D eigenvalue weighted by molar-refractivity contribution is 0.292. The normalized spacial score (nSPS) is 11.6. The zero-order chi connectivity index (χ0) is 14.5. The van der Waals surface area contributed by atoms with E-state index in [2.05, 4.69) is 0 Å². The Labute approximate surface area is 119 Å². The number of hydrogen-bond acceptors (Lipinski definition) is 4. The molecule has 19 heavy (non-hydrogen) atoms. The highest BCUT2D eigenvalue weighted by Gasteiger charge is 2.22. The Morgan fingerprint density at radius 3 is 2.63 bits per heavy atom. The fraction of sp³-hybridized carbons (Fsp3) is 0.455. The van der Waals surface area contributed by atoms with Crippen molar-refractivity contribution in [3.05, 3.63) is 23.8 Å². The van der Waals surface area contributed by atoms with Crippen LogP contribution in [0.2, 0.25) is 0 Å². The Morgan fingerprint density at radius 2 is 2.05 bits per heavy atom. The van der Waals surface area contributed by atoms with Crippen molar-refractivity contribution in [1.29, 1.82) is 0 Å². The van der Waals surface area contributed by atoms with Gasteiger partial charge in [0.1, 0.15) is 10.7 Å². The first-order valence-electron chi connectivity index (χ1n) is 5.50. The third-order valence-corrected chi connectivity index (χ3v) is 4.43. The molecule has 0 aliphatic rings. The summed E-state index contributed by atoms with van der Waals surface area (Å²) in [5.74, 6) is -0.875. The molecule has 0 aliphatic carbocycles. The van der Waals surface area contributed by atoms with Crippen LogP contribution in [-0.4, -0.2) is 26.5 Å². The number of rotatable bonds is 7. The van der Waals surface area contributed by atoms with E-state index >= 15 is 0 Å². The van der Waals surface area contributed by atoms with E-state index < -0.39 is 31.3 Å². The third-order valence-electron chi connectivity index (χ3n) is 2.12. The van der Waals surface area contributed by atoms with E-state index in [1.807, 2.05) is 6.92 Å². The van der Waals surface area contributed by atoms with Gasteiger partial charge in [0.15, 0.2) is 11.6 Å². The molecular weight excluding hydrogens is 318 g/mol. The molecule has 3 nitrogen and oxygen atoms in total. The summed E-state index contributed by atoms with van der Waals surface area (Å²) in [4.78, 5) is -0.685. The van der Waals surface area contributed by atoms with Gasteiger partial charge in [0.25, 0.3) is 9.05 Å². The van der Waals surface area contributed by atoms with Crippen LogP contribution in [0.5, 0.6) is 5.75 Å². The summed E-state index contributed by atoms with van der Waals surface area (Å²) >= 11 is 1.68. The van der Waals surface area contributed by atoms with Crippen molar-refractivity contribution >= 4 is 31.5 Å². The molecule has 0 spiro atoms. The number of halogens is 3. The van der Waals surface area contributed by atoms with Crippen LogP contribution in [0.25, 0.3) is 0 Å². The summed E-state index contributed by atoms with van der Waals surface area (Å²) in [6.45, 7) is 2.14. The van der Waals surface area contributed by atoms with Gasteiger partial charge < -0.3 is 4.74 Å². The Balaban J connectivity index is 2.87. The second kappa shape index (κ2) is 7.31. The van der Waals surface area contributed by atoms with Crippen molar-refractivity contribution in [3.63, 3.8) is 0 Å². The van der Waals surface area contributed by atoms with Crippen LogP contribution in [-0.2, 0) is 9.05 Å². The molecule has 0 aliphatic heterocycles. The Kier molecular flexibility index (Phi) is 6.35. The van der Waals surface area contributed by atoms with Gasteiger partial charge in [0.05, 0.1) is 6.61 Å². The molecule has 1 aromatic rings. The fourth-order valence-corrected chi connectivity index (χ4v) is 2.92. The van der Waals surface area contributed by atoms with Crippen molar-refractivity contribution in [2.24, 2.45) is 0 Å². The quantitative estimate of drug-likeness (QED) is 0.567. The molecule has 0 saturated heterocycles. The highest BCUT2D eigenvalue weighted by molar-refractivity contribution is 8.13. The van der Waals surface area contributed by atoms with E-state index in [0.717, 1.165) is 11.5 Å². The molecule has 1 rings (SSSR count). The summed E-state index contributed by atoms with van der Waals surface area (Å²) in [6, 6.07) is 1.20. The SMILES string of the molecule is CCSCCCOc1c(F)cc(F)cc1S(=O)(=O)Cl. The summed E-state index contributed by atoms with van der Waals surface area (Å²) < 4.78 is 54.1. The lowest BCUT2D eigenvalue weighted by atomic mass is 10.3. The molecule has 0 atom stereocenters. The zero-order valence-corrected chi connectivity index (χ0v) is 12.5. The zero-order valence-electron chi connectivity index (χ0n) is 10.2. The van der Waals surface area contributed by atoms with E-state index in [1.54, 1.807) is 11.8 Å². The molecule has 0 fully saturated rings. The first-order valence-corrected chi connectivity index (χ1v) is 8.97. The van der Waals surface area contributed by atoms with Crippen LogP contribution in [0.3, 0.4) is 0 Å². The highest BCUT2D eigenvalue weighted by atomic mass is 35.7. The molecule has 0 saturated carbocycles. The van der Waals surface area contributed by atoms with Crippen molar-refractivity contribution in [1.82, 2.24) is 0 Å². The van der Waals surface area contributed by atoms with Gasteiger partial charge in [-0.3, -0.25) is 0 Å². The minimum absolute atomic E-state index is 0.134. The standard InChI is InChI=1S/C11H13ClF2O3S2/c1-2-18-5-3-4-17-11-9(14)6-8(13)7-10(11)19(12,15)16/h6-7H,2-5H2,1H3. The van der Waals surface area contributed by atoms with Gasteiger partial charge in [0, 0.05) is 16.7 Å². The Morgan fingerprint density at radius 1 is 1.37 bits per heavy atom. The van der Waals surface area contributed by atoms with Crippen LogP contribution in [0.15, 0.2) is 17.0 Å². The van der Waals surface area contributed by atoms with Crippen molar-refractivity contribution in [2.45, 2.75) is 18.2 Å². The Bertz CT molecular complexity index is 535. The molecule has 1 aromatic carbocycles. The molecule has 0 unspecified atom stereocenters. The van der Waals surface area contributed by atoms with E-state index in [9.17, 15) is 17.2 Å². The predicted octanol–water partition coefficient (Wildman–Crippen LogP) is 3.41. The highest BCUT2D eigenvalue weighted by Crippen LogP contribution is 2.31. The fourth-order valence-electron chi connectivity index (χ4n) is 1.34. The van der Waals surface area contributed by atoms with Crippen molar-refractivity contribution in [3.8, 4) is 5.75 Å². The maximum atomic E-state index is 13.5. The van der Waals surface area contributed by atoms with E-state index in [4.69, 9.17) is 15.4 Å². The summed E-state index contributed by atoms with van der Waals surface area (Å²) in [5, 5.41) is 0. The van der Waals surface area contributed by atoms with Crippen LogP contribution < -0.4 is 4.74 Å². The number of hydrogen-bond donors (Lipinski definition) is 0. The average Bonchev–Trinajstić information content (AvgIpc) is 2.29. The van der Waals surface area contributed by atoms with Gasteiger partial charge in [-0.1, -0.05) is 6.92 Å². The second-order valence-corrected chi connectivity index (χ2v) is 7.48. The predicted molar refractivity (Wildman–Crippen MR) is 72.5 cm³/mol. The molecule has 108 valence electrons. The van der Waals surface area contributed by atoms with E-state index in [0.29, 0.717) is 18.6 Å². The molecule has 0 N–H and O–H groups in total. The summed E-state index contributed by atoms with van der Waals surface area (Å²) in [5.41, 5.74) is 0. The number of thioether (sulfide) groups is 1. The van der Waals surface area contributed by atoms with Crippen LogP contribution >= 0.6 is 22.4 Å². The topological polar surface area (TPSA) is 43.4 Å². The lowest BCUT2D eigenvalue weighted by Gasteiger charge is -2.10. The third kappa shape index (κ3) is 5.16. The van der Waals surface area contributed by atoms with Crippen LogP contribution in [0, 0.1) is 11.6 Å². The average molecular weight is 331 g/mol. The molecule has 0 heterocycles. The van der Waals surface area contributed by atoms with Crippen LogP contribution in [0.1, 0.15) is 13.3 Å². The maximum absolute atomic E-state index is 13.5. The van der Waals surface area contributed by atoms with E-state index in [1.165, 1.54) is 0 Å². The van der Waals surface area contributed by atoms with Gasteiger partial charge in [-0.05, 0) is 24.0 Å². The molecule has 0 amide bonds. The smallest absolute Gasteiger partial charge is 0.265 e. The minimum atomic E-state index is -4.26. The molecule has 8 heteroatoms. The number of ether oxygens (including phenoxy) is 1. The lowest BCUT2D eigenvalue weighted by Crippen LogP contribution is -2.06. The van der Waals surface area contributed by atoms with Crippen molar-refractivity contribution < 1.29 is 21.9 Å². The summed E-state index contributed by atoms with van der Waals surface area (Å²) in [6.07, 6.45) is 0.622. The van der Waals surface area contributed by atoms with Crippen LogP contribution in [0.4, 0.5) is 8.78 Å². The summed E-state index contributed by atoms with van der Waals surface area (Å²) in [7, 11) is 0.861. The van der Waals surface area contributed by atoms with Gasteiger partial charge in [-0.15, -0.1) is 0 Å². The van der Waals surface area contributed by atoms with Gasteiger partial charge >= 0.3 is 0 Å². The maximum Gasteiger partial charge on any atom is 0.265 e. The molecule has 0 radical (unpaired) electrons. The molecule has 0 bridgehead atoms. The first kappa shape index (κ1) is 16.5. The van der Waals surface area contributed by atoms with Gasteiger partial charge in [-0.25, -0.2) is 17.2 Å². The van der Waals surface area contributed by atoms with Gasteiger partial charge in [0.2, 0.25) is 0 Å². The monoisotopic (exact) mass is 330 g/mol. The van der Waals surface area contributed by atoms with E-state index in [-0.39, 0.29) is 6.61 Å². The van der Waals surface area contributed by atoms with Gasteiger partial charge in [-0.2, -0.15) is 11.8 Å². The largest absolute Gasteiger partial charge is 0.489 e. The minimum Gasteiger partial charge on any atom is -0.489 e. The second-order valence-electron chi connectivity index (χ2n) is 3.55. The Hall–Kier alpha value is -0.530. The molecule has 0 aromatic heterocycles. The number of benzene rings is 1. The first-order chi connectivity index (χ1) is 8.86. The van der Waals surface area contributed by atoms with Crippen molar-refractivity contribution in [2.75, 3.05) is 18.1 Å².